The zero-order valence-electron chi connectivity index (χ0n) is 7.27. The standard InChI is InChI=1S/C9H5F4NO/c10-8-6(4-15)2-1-5(3-14)7(8)9(11,12)13/h1-2,15H,4H2. The number of aliphatic hydroxyl groups excluding tert-OH is 1. The summed E-state index contributed by atoms with van der Waals surface area (Å²) < 4.78 is 50.2. The average Bonchev–Trinajstić information content (AvgIpc) is 2.15. The van der Waals surface area contributed by atoms with Gasteiger partial charge in [0.25, 0.3) is 0 Å². The molecule has 2 nitrogen and oxygen atoms in total. The van der Waals surface area contributed by atoms with Crippen molar-refractivity contribution in [2.75, 3.05) is 0 Å². The zero-order valence-corrected chi connectivity index (χ0v) is 7.27. The van der Waals surface area contributed by atoms with E-state index < -0.39 is 35.3 Å². The molecule has 1 rings (SSSR count). The van der Waals surface area contributed by atoms with Crippen molar-refractivity contribution in [2.24, 2.45) is 0 Å². The number of halogens is 4. The van der Waals surface area contributed by atoms with E-state index in [9.17, 15) is 17.6 Å². The van der Waals surface area contributed by atoms with Crippen LogP contribution >= 0.6 is 0 Å². The highest BCUT2D eigenvalue weighted by molar-refractivity contribution is 5.43. The summed E-state index contributed by atoms with van der Waals surface area (Å²) in [6.07, 6.45) is -4.94. The van der Waals surface area contributed by atoms with Crippen LogP contribution in [0.15, 0.2) is 12.1 Å². The molecule has 0 spiro atoms. The van der Waals surface area contributed by atoms with Gasteiger partial charge in [-0.25, -0.2) is 4.39 Å². The van der Waals surface area contributed by atoms with Gasteiger partial charge in [0, 0.05) is 5.56 Å². The monoisotopic (exact) mass is 219 g/mol. The maximum atomic E-state index is 13.2. The fourth-order valence-electron chi connectivity index (χ4n) is 1.11. The first kappa shape index (κ1) is 11.5. The molecule has 80 valence electrons. The van der Waals surface area contributed by atoms with Crippen molar-refractivity contribution in [1.29, 1.82) is 5.26 Å². The zero-order chi connectivity index (χ0) is 11.6. The molecule has 6 heteroatoms. The second-order valence-electron chi connectivity index (χ2n) is 2.73. The van der Waals surface area contributed by atoms with Crippen molar-refractivity contribution in [2.45, 2.75) is 12.8 Å². The third-order valence-corrected chi connectivity index (χ3v) is 1.80. The van der Waals surface area contributed by atoms with Crippen LogP contribution in [0.2, 0.25) is 0 Å². The summed E-state index contributed by atoms with van der Waals surface area (Å²) in [6, 6.07) is 3.03. The summed E-state index contributed by atoms with van der Waals surface area (Å²) in [4.78, 5) is 0. The van der Waals surface area contributed by atoms with Gasteiger partial charge in [-0.1, -0.05) is 6.07 Å². The third-order valence-electron chi connectivity index (χ3n) is 1.80. The minimum Gasteiger partial charge on any atom is -0.392 e. The fourth-order valence-corrected chi connectivity index (χ4v) is 1.11. The van der Waals surface area contributed by atoms with Gasteiger partial charge in [0.2, 0.25) is 0 Å². The molecule has 1 aromatic rings. The second kappa shape index (κ2) is 3.87. The summed E-state index contributed by atoms with van der Waals surface area (Å²) in [5, 5.41) is 17.0. The quantitative estimate of drug-likeness (QED) is 0.736. The molecule has 0 bridgehead atoms. The van der Waals surface area contributed by atoms with E-state index in [0.717, 1.165) is 12.1 Å². The Balaban J connectivity index is 3.52. The van der Waals surface area contributed by atoms with Gasteiger partial charge in [0.1, 0.15) is 11.4 Å². The van der Waals surface area contributed by atoms with Gasteiger partial charge in [-0.05, 0) is 6.07 Å². The van der Waals surface area contributed by atoms with Crippen LogP contribution in [0, 0.1) is 17.1 Å². The summed E-state index contributed by atoms with van der Waals surface area (Å²) in [5.74, 6) is -1.59. The number of benzene rings is 1. The first-order chi connectivity index (χ1) is 6.91. The fraction of sp³-hybridized carbons (Fsp3) is 0.222. The lowest BCUT2D eigenvalue weighted by atomic mass is 10.0. The van der Waals surface area contributed by atoms with Gasteiger partial charge in [-0.15, -0.1) is 0 Å². The molecule has 0 fully saturated rings. The van der Waals surface area contributed by atoms with E-state index >= 15 is 0 Å². The molecule has 0 aromatic heterocycles. The van der Waals surface area contributed by atoms with Crippen LogP contribution in [0.25, 0.3) is 0 Å². The Hall–Kier alpha value is -1.61. The highest BCUT2D eigenvalue weighted by Gasteiger charge is 2.38. The molecule has 1 aromatic carbocycles. The largest absolute Gasteiger partial charge is 0.420 e. The van der Waals surface area contributed by atoms with E-state index in [4.69, 9.17) is 10.4 Å². The van der Waals surface area contributed by atoms with Crippen LogP contribution < -0.4 is 0 Å². The maximum absolute atomic E-state index is 13.2. The van der Waals surface area contributed by atoms with Gasteiger partial charge in [0.05, 0.1) is 18.2 Å². The molecule has 0 saturated carbocycles. The highest BCUT2D eigenvalue weighted by atomic mass is 19.4. The molecule has 0 saturated heterocycles. The number of alkyl halides is 3. The van der Waals surface area contributed by atoms with E-state index in [2.05, 4.69) is 0 Å². The van der Waals surface area contributed by atoms with Crippen molar-refractivity contribution in [3.8, 4) is 6.07 Å². The van der Waals surface area contributed by atoms with Crippen LogP contribution in [0.3, 0.4) is 0 Å². The van der Waals surface area contributed by atoms with Crippen LogP contribution in [-0.4, -0.2) is 5.11 Å². The first-order valence-corrected chi connectivity index (χ1v) is 3.81. The van der Waals surface area contributed by atoms with Crippen LogP contribution in [0.5, 0.6) is 0 Å². The van der Waals surface area contributed by atoms with Crippen LogP contribution in [0.4, 0.5) is 17.6 Å². The normalized spacial score (nSPS) is 11.2. The number of rotatable bonds is 1. The number of hydrogen-bond donors (Lipinski definition) is 1. The third kappa shape index (κ3) is 2.07. The Kier molecular flexibility index (Phi) is 2.95. The molecule has 0 aliphatic rings. The van der Waals surface area contributed by atoms with E-state index in [-0.39, 0.29) is 0 Å². The van der Waals surface area contributed by atoms with Crippen molar-refractivity contribution in [3.63, 3.8) is 0 Å². The molecule has 0 unspecified atom stereocenters. The number of nitrogens with zero attached hydrogens (tertiary/aromatic N) is 1. The Labute approximate surface area is 82.4 Å². The van der Waals surface area contributed by atoms with Gasteiger partial charge in [0.15, 0.2) is 0 Å². The summed E-state index contributed by atoms with van der Waals surface area (Å²) in [5.41, 5.74) is -2.91. The lowest BCUT2D eigenvalue weighted by molar-refractivity contribution is -0.140. The van der Waals surface area contributed by atoms with Crippen molar-refractivity contribution in [1.82, 2.24) is 0 Å². The summed E-state index contributed by atoms with van der Waals surface area (Å²) in [6.45, 7) is -0.847. The van der Waals surface area contributed by atoms with Gasteiger partial charge < -0.3 is 5.11 Å². The van der Waals surface area contributed by atoms with Crippen molar-refractivity contribution < 1.29 is 22.7 Å². The predicted molar refractivity (Wildman–Crippen MR) is 42.0 cm³/mol. The van der Waals surface area contributed by atoms with E-state index in [1.165, 1.54) is 6.07 Å². The number of aliphatic hydroxyl groups is 1. The lowest BCUT2D eigenvalue weighted by Crippen LogP contribution is -2.12. The van der Waals surface area contributed by atoms with E-state index in [0.29, 0.717) is 0 Å². The minimum atomic E-state index is -4.94. The molecule has 0 atom stereocenters. The topological polar surface area (TPSA) is 44.0 Å². The SMILES string of the molecule is N#Cc1ccc(CO)c(F)c1C(F)(F)F. The molecular formula is C9H5F4NO. The molecule has 1 N–H and O–H groups in total. The van der Waals surface area contributed by atoms with Gasteiger partial charge >= 0.3 is 6.18 Å². The first-order valence-electron chi connectivity index (χ1n) is 3.81. The molecule has 15 heavy (non-hydrogen) atoms. The van der Waals surface area contributed by atoms with E-state index in [1.54, 1.807) is 0 Å². The molecular weight excluding hydrogens is 214 g/mol. The highest BCUT2D eigenvalue weighted by Crippen LogP contribution is 2.35. The van der Waals surface area contributed by atoms with E-state index in [1.807, 2.05) is 0 Å². The average molecular weight is 219 g/mol. The maximum Gasteiger partial charge on any atom is 0.420 e. The molecule has 0 aliphatic carbocycles. The van der Waals surface area contributed by atoms with Crippen molar-refractivity contribution >= 4 is 0 Å². The van der Waals surface area contributed by atoms with Gasteiger partial charge in [-0.2, -0.15) is 18.4 Å². The Morgan fingerprint density at radius 3 is 2.33 bits per heavy atom. The second-order valence-corrected chi connectivity index (χ2v) is 2.73. The minimum absolute atomic E-state index is 0.485. The van der Waals surface area contributed by atoms with Gasteiger partial charge in [-0.3, -0.25) is 0 Å². The Bertz CT molecular complexity index is 419. The molecule has 0 aliphatic heterocycles. The Morgan fingerprint density at radius 2 is 1.93 bits per heavy atom. The van der Waals surface area contributed by atoms with Crippen LogP contribution in [-0.2, 0) is 12.8 Å². The molecule has 0 radical (unpaired) electrons. The smallest absolute Gasteiger partial charge is 0.392 e. The summed E-state index contributed by atoms with van der Waals surface area (Å²) >= 11 is 0. The summed E-state index contributed by atoms with van der Waals surface area (Å²) in [7, 11) is 0. The molecule has 0 amide bonds. The number of hydrogen-bond acceptors (Lipinski definition) is 2. The van der Waals surface area contributed by atoms with Crippen LogP contribution in [0.1, 0.15) is 16.7 Å². The van der Waals surface area contributed by atoms with Crippen molar-refractivity contribution in [3.05, 3.63) is 34.6 Å². The Morgan fingerprint density at radius 1 is 1.33 bits per heavy atom. The number of nitriles is 1. The molecule has 0 heterocycles. The lowest BCUT2D eigenvalue weighted by Gasteiger charge is -2.11. The predicted octanol–water partition coefficient (Wildman–Crippen LogP) is 2.21.